The van der Waals surface area contributed by atoms with E-state index in [0.717, 1.165) is 18.1 Å². The highest BCUT2D eigenvalue weighted by atomic mass is 28.3. The lowest BCUT2D eigenvalue weighted by Crippen LogP contribution is -2.46. The standard InChI is InChI=1S/C18H30O4Si/c1-7-23(8-2,9-3)18(20)13(4)17(19)14-10-15(21-5)12-16(11-14)22-6/h10-13,17,19H,7-9H2,1-6H3. The average molecular weight is 339 g/mol. The van der Waals surface area contributed by atoms with E-state index in [9.17, 15) is 9.90 Å². The second-order valence-electron chi connectivity index (χ2n) is 6.08. The molecule has 2 unspecified atom stereocenters. The molecule has 5 heteroatoms. The molecule has 0 spiro atoms. The third-order valence-corrected chi connectivity index (χ3v) is 10.7. The molecular weight excluding hydrogens is 308 g/mol. The summed E-state index contributed by atoms with van der Waals surface area (Å²) in [5, 5.41) is 11.0. The Balaban J connectivity index is 3.13. The summed E-state index contributed by atoms with van der Waals surface area (Å²) in [6.07, 6.45) is -0.844. The van der Waals surface area contributed by atoms with Crippen LogP contribution in [0.2, 0.25) is 18.1 Å². The van der Waals surface area contributed by atoms with Crippen LogP contribution >= 0.6 is 0 Å². The van der Waals surface area contributed by atoms with Gasteiger partial charge in [-0.1, -0.05) is 45.8 Å². The van der Waals surface area contributed by atoms with Gasteiger partial charge >= 0.3 is 0 Å². The van der Waals surface area contributed by atoms with E-state index < -0.39 is 20.1 Å². The molecule has 0 aliphatic carbocycles. The molecule has 0 fully saturated rings. The van der Waals surface area contributed by atoms with Crippen LogP contribution < -0.4 is 9.47 Å². The predicted octanol–water partition coefficient (Wildman–Crippen LogP) is 3.99. The maximum atomic E-state index is 13.0. The second kappa shape index (κ2) is 8.50. The first-order chi connectivity index (χ1) is 10.9. The van der Waals surface area contributed by atoms with Gasteiger partial charge in [0, 0.05) is 12.0 Å². The lowest BCUT2D eigenvalue weighted by molar-refractivity contribution is -0.119. The molecule has 0 aromatic heterocycles. The molecule has 0 bridgehead atoms. The van der Waals surface area contributed by atoms with E-state index in [-0.39, 0.29) is 5.41 Å². The van der Waals surface area contributed by atoms with Crippen molar-refractivity contribution in [3.8, 4) is 11.5 Å². The first-order valence-corrected chi connectivity index (χ1v) is 11.0. The van der Waals surface area contributed by atoms with Crippen molar-refractivity contribution >= 4 is 13.5 Å². The van der Waals surface area contributed by atoms with Crippen molar-refractivity contribution in [2.24, 2.45) is 5.92 Å². The van der Waals surface area contributed by atoms with Crippen LogP contribution in [-0.2, 0) is 4.79 Å². The van der Waals surface area contributed by atoms with Crippen LogP contribution in [-0.4, -0.2) is 32.8 Å². The third-order valence-electron chi connectivity index (χ3n) is 5.16. The van der Waals surface area contributed by atoms with Gasteiger partial charge < -0.3 is 19.4 Å². The summed E-state index contributed by atoms with van der Waals surface area (Å²) in [5.74, 6) is 0.810. The van der Waals surface area contributed by atoms with Crippen molar-refractivity contribution < 1.29 is 19.4 Å². The Bertz CT molecular complexity index is 495. The molecule has 0 amide bonds. The minimum absolute atomic E-state index is 0.263. The smallest absolute Gasteiger partial charge is 0.132 e. The third kappa shape index (κ3) is 4.15. The minimum Gasteiger partial charge on any atom is -0.497 e. The first-order valence-electron chi connectivity index (χ1n) is 8.34. The number of carbonyl (C=O) groups is 1. The van der Waals surface area contributed by atoms with E-state index in [1.807, 2.05) is 6.92 Å². The van der Waals surface area contributed by atoms with Crippen LogP contribution in [0, 0.1) is 5.92 Å². The topological polar surface area (TPSA) is 55.8 Å². The second-order valence-corrected chi connectivity index (χ2v) is 11.3. The Hall–Kier alpha value is -1.33. The fourth-order valence-electron chi connectivity index (χ4n) is 3.19. The first kappa shape index (κ1) is 19.7. The van der Waals surface area contributed by atoms with E-state index in [2.05, 4.69) is 20.8 Å². The zero-order chi connectivity index (χ0) is 17.6. The molecule has 23 heavy (non-hydrogen) atoms. The van der Waals surface area contributed by atoms with Gasteiger partial charge in [0.15, 0.2) is 0 Å². The highest BCUT2D eigenvalue weighted by Gasteiger charge is 2.40. The number of carbonyl (C=O) groups excluding carboxylic acids is 1. The van der Waals surface area contributed by atoms with Crippen molar-refractivity contribution in [3.63, 3.8) is 0 Å². The summed E-state index contributed by atoms with van der Waals surface area (Å²) >= 11 is 0. The average Bonchev–Trinajstić information content (AvgIpc) is 2.61. The van der Waals surface area contributed by atoms with E-state index in [0.29, 0.717) is 17.1 Å². The monoisotopic (exact) mass is 338 g/mol. The maximum absolute atomic E-state index is 13.0. The van der Waals surface area contributed by atoms with Crippen LogP contribution in [0.4, 0.5) is 0 Å². The molecule has 0 aliphatic heterocycles. The molecule has 1 aromatic carbocycles. The Labute approximate surface area is 140 Å². The Morgan fingerprint density at radius 1 is 1.04 bits per heavy atom. The summed E-state index contributed by atoms with van der Waals surface area (Å²) in [5.41, 5.74) is 0.660. The lowest BCUT2D eigenvalue weighted by atomic mass is 9.98. The SMILES string of the molecule is CC[Si](CC)(CC)C(=O)C(C)C(O)c1cc(OC)cc(OC)c1. The van der Waals surface area contributed by atoms with Gasteiger partial charge in [-0.3, -0.25) is 0 Å². The largest absolute Gasteiger partial charge is 0.497 e. The summed E-state index contributed by atoms with van der Waals surface area (Å²) < 4.78 is 10.5. The highest BCUT2D eigenvalue weighted by molar-refractivity contribution is 7.06. The molecule has 0 heterocycles. The molecule has 2 atom stereocenters. The summed E-state index contributed by atoms with van der Waals surface area (Å²) in [7, 11) is 1.16. The van der Waals surface area contributed by atoms with Crippen LogP contribution in [0.5, 0.6) is 11.5 Å². The molecule has 4 nitrogen and oxygen atoms in total. The molecule has 1 N–H and O–H groups in total. The molecular formula is C18H30O4Si. The van der Waals surface area contributed by atoms with E-state index >= 15 is 0 Å². The fraction of sp³-hybridized carbons (Fsp3) is 0.611. The summed E-state index contributed by atoms with van der Waals surface area (Å²) in [6, 6.07) is 8.08. The number of aliphatic hydroxyl groups is 1. The van der Waals surface area contributed by atoms with Crippen molar-refractivity contribution in [2.75, 3.05) is 14.2 Å². The number of hydrogen-bond donors (Lipinski definition) is 1. The number of ether oxygens (including phenoxy) is 2. The van der Waals surface area contributed by atoms with Crippen molar-refractivity contribution in [2.45, 2.75) is 51.9 Å². The van der Waals surface area contributed by atoms with Gasteiger partial charge in [0.1, 0.15) is 25.0 Å². The molecule has 0 saturated carbocycles. The number of benzene rings is 1. The molecule has 1 aromatic rings. The van der Waals surface area contributed by atoms with Gasteiger partial charge in [-0.25, -0.2) is 0 Å². The molecule has 0 saturated heterocycles. The van der Waals surface area contributed by atoms with Crippen molar-refractivity contribution in [1.29, 1.82) is 0 Å². The Morgan fingerprint density at radius 2 is 1.48 bits per heavy atom. The fourth-order valence-corrected chi connectivity index (χ4v) is 6.86. The molecule has 0 aliphatic rings. The van der Waals surface area contributed by atoms with Crippen LogP contribution in [0.15, 0.2) is 18.2 Å². The van der Waals surface area contributed by atoms with Gasteiger partial charge in [-0.05, 0) is 17.7 Å². The van der Waals surface area contributed by atoms with Gasteiger partial charge in [0.25, 0.3) is 0 Å². The zero-order valence-electron chi connectivity index (χ0n) is 15.2. The van der Waals surface area contributed by atoms with Crippen LogP contribution in [0.1, 0.15) is 39.4 Å². The van der Waals surface area contributed by atoms with Crippen LogP contribution in [0.3, 0.4) is 0 Å². The lowest BCUT2D eigenvalue weighted by Gasteiger charge is -2.31. The molecule has 1 rings (SSSR count). The zero-order valence-corrected chi connectivity index (χ0v) is 16.2. The van der Waals surface area contributed by atoms with Gasteiger partial charge in [-0.2, -0.15) is 0 Å². The Kier molecular flexibility index (Phi) is 7.29. The predicted molar refractivity (Wildman–Crippen MR) is 95.9 cm³/mol. The maximum Gasteiger partial charge on any atom is 0.132 e. The molecule has 130 valence electrons. The van der Waals surface area contributed by atoms with Gasteiger partial charge in [0.05, 0.1) is 20.3 Å². The van der Waals surface area contributed by atoms with Gasteiger partial charge in [-0.15, -0.1) is 0 Å². The van der Waals surface area contributed by atoms with Crippen LogP contribution in [0.25, 0.3) is 0 Å². The molecule has 0 radical (unpaired) electrons. The number of aliphatic hydroxyl groups excluding tert-OH is 1. The van der Waals surface area contributed by atoms with E-state index in [1.165, 1.54) is 0 Å². The highest BCUT2D eigenvalue weighted by Crippen LogP contribution is 2.34. The summed E-state index contributed by atoms with van der Waals surface area (Å²) in [6.45, 7) is 8.14. The summed E-state index contributed by atoms with van der Waals surface area (Å²) in [4.78, 5) is 13.0. The minimum atomic E-state index is -1.98. The number of rotatable bonds is 9. The number of hydrogen-bond acceptors (Lipinski definition) is 4. The van der Waals surface area contributed by atoms with Crippen molar-refractivity contribution in [1.82, 2.24) is 0 Å². The number of methoxy groups -OCH3 is 2. The van der Waals surface area contributed by atoms with E-state index in [4.69, 9.17) is 9.47 Å². The van der Waals surface area contributed by atoms with Crippen molar-refractivity contribution in [3.05, 3.63) is 23.8 Å². The normalized spacial score (nSPS) is 14.2. The van der Waals surface area contributed by atoms with Gasteiger partial charge in [0.2, 0.25) is 0 Å². The Morgan fingerprint density at radius 3 is 1.83 bits per heavy atom. The van der Waals surface area contributed by atoms with E-state index in [1.54, 1.807) is 32.4 Å². The quantitative estimate of drug-likeness (QED) is 0.692.